The van der Waals surface area contributed by atoms with Crippen LogP contribution in [0.15, 0.2) is 35.1 Å². The molecule has 0 radical (unpaired) electrons. The van der Waals surface area contributed by atoms with Gasteiger partial charge in [0.25, 0.3) is 0 Å². The van der Waals surface area contributed by atoms with Crippen LogP contribution in [0, 0.1) is 0 Å². The number of pyridine rings is 2. The van der Waals surface area contributed by atoms with E-state index in [0.29, 0.717) is 34.4 Å². The molecule has 41 heavy (non-hydrogen) atoms. The summed E-state index contributed by atoms with van der Waals surface area (Å²) in [6.07, 6.45) is 0.933. The van der Waals surface area contributed by atoms with Crippen LogP contribution in [0.4, 0.5) is 4.79 Å². The maximum absolute atomic E-state index is 13.9. The normalized spacial score (nSPS) is 17.4. The van der Waals surface area contributed by atoms with Gasteiger partial charge in [0.1, 0.15) is 0 Å². The molecule has 2 aromatic heterocycles. The van der Waals surface area contributed by atoms with E-state index in [0.717, 1.165) is 33.7 Å². The Hall–Kier alpha value is -3.67. The van der Waals surface area contributed by atoms with Crippen molar-refractivity contribution in [3.8, 4) is 11.4 Å². The van der Waals surface area contributed by atoms with Crippen molar-refractivity contribution in [2.75, 3.05) is 19.5 Å². The molecule has 2 aliphatic heterocycles. The molecule has 216 valence electrons. The first kappa shape index (κ1) is 28.8. The standard InChI is InChI=1S/C30H36GeN4O6/c1-7-30(41-18(2)36)23-14-25-26-21(15-35(25)27(37)22(23)16-40-28(30)38)19(20-10-8-9-11-24(20)33-26)12-13-31(3,4)17-32-29(39)34(5)6/h8-11,14H,7,12-13,15-17H2,1-6H3,(H,32,39)/t30-/m0/s1. The Kier molecular flexibility index (Phi) is 7.48. The zero-order chi connectivity index (χ0) is 29.7. The van der Waals surface area contributed by atoms with Crippen LogP contribution in [0.5, 0.6) is 0 Å². The van der Waals surface area contributed by atoms with E-state index in [9.17, 15) is 19.2 Å². The van der Waals surface area contributed by atoms with Crippen LogP contribution in [0.3, 0.4) is 0 Å². The third-order valence-corrected chi connectivity index (χ3v) is 13.9. The van der Waals surface area contributed by atoms with E-state index in [1.807, 2.05) is 18.2 Å². The molecule has 0 fully saturated rings. The molecule has 2 amide bonds. The van der Waals surface area contributed by atoms with Gasteiger partial charge < -0.3 is 0 Å². The molecule has 0 bridgehead atoms. The van der Waals surface area contributed by atoms with E-state index in [2.05, 4.69) is 22.9 Å². The van der Waals surface area contributed by atoms with E-state index in [1.165, 1.54) is 6.92 Å². The molecule has 0 saturated heterocycles. The van der Waals surface area contributed by atoms with E-state index in [4.69, 9.17) is 14.5 Å². The van der Waals surface area contributed by atoms with Crippen LogP contribution in [-0.4, -0.2) is 65.2 Å². The van der Waals surface area contributed by atoms with E-state index >= 15 is 0 Å². The summed E-state index contributed by atoms with van der Waals surface area (Å²) in [5.74, 6) is 3.32. The third kappa shape index (κ3) is 5.02. The first-order valence-electron chi connectivity index (χ1n) is 13.9. The van der Waals surface area contributed by atoms with Crippen molar-refractivity contribution in [1.29, 1.82) is 0 Å². The Morgan fingerprint density at radius 1 is 1.20 bits per heavy atom. The second-order valence-electron chi connectivity index (χ2n) is 11.8. The van der Waals surface area contributed by atoms with Crippen molar-refractivity contribution in [3.63, 3.8) is 0 Å². The van der Waals surface area contributed by atoms with Crippen LogP contribution in [0.1, 0.15) is 42.5 Å². The molecule has 1 aromatic carbocycles. The Morgan fingerprint density at radius 3 is 2.61 bits per heavy atom. The van der Waals surface area contributed by atoms with Gasteiger partial charge >= 0.3 is 242 Å². The van der Waals surface area contributed by atoms with Gasteiger partial charge in [0.15, 0.2) is 0 Å². The Morgan fingerprint density at radius 2 is 1.93 bits per heavy atom. The summed E-state index contributed by atoms with van der Waals surface area (Å²) in [4.78, 5) is 57.6. The average molecular weight is 621 g/mol. The van der Waals surface area contributed by atoms with Crippen molar-refractivity contribution in [3.05, 3.63) is 62.9 Å². The zero-order valence-corrected chi connectivity index (χ0v) is 26.5. The molecule has 3 aromatic rings. The number of esters is 2. The number of carbonyl (C=O) groups excluding carboxylic acids is 3. The molecule has 4 heterocycles. The fourth-order valence-electron chi connectivity index (χ4n) is 5.83. The van der Waals surface area contributed by atoms with Gasteiger partial charge in [0, 0.05) is 0 Å². The number of aromatic nitrogens is 2. The quantitative estimate of drug-likeness (QED) is 0.247. The van der Waals surface area contributed by atoms with Gasteiger partial charge in [-0.1, -0.05) is 0 Å². The molecular weight excluding hydrogens is 585 g/mol. The Bertz CT molecular complexity index is 1650. The summed E-state index contributed by atoms with van der Waals surface area (Å²) in [5, 5.41) is 5.80. The SMILES string of the molecule is CC[C@@]1(OC(C)=O)C(=O)OCc2c1cc1n(c2=O)Cc2c-1nc1ccccc1c2C[CH2][Ge]([CH3])([CH3])[CH2]NC(=O)N(C)C. The van der Waals surface area contributed by atoms with Crippen LogP contribution >= 0.6 is 0 Å². The number of nitrogens with zero attached hydrogens (tertiary/aromatic N) is 3. The molecule has 1 N–H and O–H groups in total. The van der Waals surface area contributed by atoms with E-state index in [-0.39, 0.29) is 24.6 Å². The number of fused-ring (bicyclic) bond motifs is 5. The summed E-state index contributed by atoms with van der Waals surface area (Å²) in [5.41, 5.74) is 3.03. The Balaban J connectivity index is 1.61. The second kappa shape index (κ2) is 10.6. The van der Waals surface area contributed by atoms with Crippen LogP contribution < -0.4 is 10.9 Å². The molecule has 5 rings (SSSR count). The fourth-order valence-corrected chi connectivity index (χ4v) is 9.46. The number of aryl methyl sites for hydroxylation is 1. The van der Waals surface area contributed by atoms with Crippen molar-refractivity contribution < 1.29 is 23.9 Å². The van der Waals surface area contributed by atoms with Crippen molar-refractivity contribution in [1.82, 2.24) is 19.8 Å². The molecular formula is C30H36GeN4O6. The first-order chi connectivity index (χ1) is 19.4. The number of amides is 2. The molecule has 1 atom stereocenters. The van der Waals surface area contributed by atoms with E-state index < -0.39 is 30.8 Å². The topological polar surface area (TPSA) is 120 Å². The summed E-state index contributed by atoms with van der Waals surface area (Å²) in [6, 6.07) is 9.68. The number of hydrogen-bond acceptors (Lipinski definition) is 7. The molecule has 0 unspecified atom stereocenters. The van der Waals surface area contributed by atoms with Crippen molar-refractivity contribution in [2.45, 2.75) is 62.2 Å². The fraction of sp³-hybridized carbons (Fsp3) is 0.433. The summed E-state index contributed by atoms with van der Waals surface area (Å²) >= 11 is -2.40. The molecule has 2 aliphatic rings. The predicted octanol–water partition coefficient (Wildman–Crippen LogP) is 3.71. The first-order valence-corrected chi connectivity index (χ1v) is 21.0. The average Bonchev–Trinajstić information content (AvgIpc) is 3.29. The number of hydrogen-bond donors (Lipinski definition) is 1. The van der Waals surface area contributed by atoms with Gasteiger partial charge in [-0.05, 0) is 0 Å². The van der Waals surface area contributed by atoms with Gasteiger partial charge in [-0.15, -0.1) is 0 Å². The number of cyclic esters (lactones) is 1. The molecule has 11 heteroatoms. The van der Waals surface area contributed by atoms with Gasteiger partial charge in [0.05, 0.1) is 0 Å². The molecule has 0 saturated carbocycles. The van der Waals surface area contributed by atoms with Crippen molar-refractivity contribution in [2.24, 2.45) is 0 Å². The minimum absolute atomic E-state index is 0.0860. The third-order valence-electron chi connectivity index (χ3n) is 8.18. The number of ether oxygens (including phenoxy) is 2. The van der Waals surface area contributed by atoms with Crippen molar-refractivity contribution >= 4 is 42.1 Å². The van der Waals surface area contributed by atoms with Gasteiger partial charge in [-0.3, -0.25) is 0 Å². The number of rotatable bonds is 7. The van der Waals surface area contributed by atoms with Gasteiger partial charge in [0.2, 0.25) is 0 Å². The number of nitrogens with one attached hydrogen (secondary N) is 1. The molecule has 0 aliphatic carbocycles. The maximum atomic E-state index is 13.9. The summed E-state index contributed by atoms with van der Waals surface area (Å²) in [6.45, 7) is 3.16. The summed E-state index contributed by atoms with van der Waals surface area (Å²) < 4.78 is 12.7. The second-order valence-corrected chi connectivity index (χ2v) is 22.7. The zero-order valence-electron chi connectivity index (χ0n) is 24.4. The summed E-state index contributed by atoms with van der Waals surface area (Å²) in [7, 11) is 3.47. The molecule has 10 nitrogen and oxygen atoms in total. The van der Waals surface area contributed by atoms with Gasteiger partial charge in [-0.2, -0.15) is 0 Å². The predicted molar refractivity (Wildman–Crippen MR) is 157 cm³/mol. The monoisotopic (exact) mass is 622 g/mol. The van der Waals surface area contributed by atoms with Gasteiger partial charge in [-0.25, -0.2) is 0 Å². The van der Waals surface area contributed by atoms with Crippen LogP contribution in [-0.2, 0) is 44.2 Å². The number of benzene rings is 1. The van der Waals surface area contributed by atoms with E-state index in [1.54, 1.807) is 36.6 Å². The Labute approximate surface area is 241 Å². The molecule has 0 spiro atoms. The van der Waals surface area contributed by atoms with Crippen LogP contribution in [0.2, 0.25) is 16.8 Å². The minimum atomic E-state index is -2.40. The number of para-hydroxylation sites is 1. The van der Waals surface area contributed by atoms with Crippen LogP contribution in [0.25, 0.3) is 22.3 Å². The number of urea groups is 1. The number of carbonyl (C=O) groups is 3.